The molecule has 0 radical (unpaired) electrons. The van der Waals surface area contributed by atoms with Gasteiger partial charge >= 0.3 is 0 Å². The third kappa shape index (κ3) is 8.04. The first kappa shape index (κ1) is 15.2. The van der Waals surface area contributed by atoms with E-state index in [4.69, 9.17) is 14.2 Å². The second kappa shape index (κ2) is 10.7. The lowest BCUT2D eigenvalue weighted by Gasteiger charge is -2.19. The summed E-state index contributed by atoms with van der Waals surface area (Å²) in [6.45, 7) is 0. The topological polar surface area (TPSA) is 27.7 Å². The smallest absolute Gasteiger partial charge is 0.168 e. The number of hydrogen-bond acceptors (Lipinski definition) is 3. The van der Waals surface area contributed by atoms with Crippen molar-refractivity contribution in [1.29, 1.82) is 0 Å². The highest BCUT2D eigenvalue weighted by Gasteiger charge is 2.16. The average Bonchev–Trinajstić information content (AvgIpc) is 2.25. The average molecular weight is 328 g/mol. The first-order valence-corrected chi connectivity index (χ1v) is 6.38. The van der Waals surface area contributed by atoms with Crippen LogP contribution in [0.3, 0.4) is 0 Å². The molecule has 0 N–H and O–H groups in total. The lowest BCUT2D eigenvalue weighted by molar-refractivity contribution is -0.0995. The van der Waals surface area contributed by atoms with Gasteiger partial charge in [0.1, 0.15) is 0 Å². The van der Waals surface area contributed by atoms with Crippen LogP contribution < -0.4 is 0 Å². The van der Waals surface area contributed by atoms with Crippen molar-refractivity contribution in [3.8, 4) is 0 Å². The molecule has 15 heavy (non-hydrogen) atoms. The predicted molar refractivity (Wildman–Crippen MR) is 70.2 cm³/mol. The summed E-state index contributed by atoms with van der Waals surface area (Å²) >= 11 is 2.38. The highest BCUT2D eigenvalue weighted by molar-refractivity contribution is 14.1. The van der Waals surface area contributed by atoms with E-state index in [0.29, 0.717) is 3.92 Å². The molecule has 0 amide bonds. The fourth-order valence-electron chi connectivity index (χ4n) is 1.29. The first-order chi connectivity index (χ1) is 7.26. The fourth-order valence-corrected chi connectivity index (χ4v) is 2.32. The van der Waals surface area contributed by atoms with Gasteiger partial charge in [0.05, 0.1) is 17.3 Å². The van der Waals surface area contributed by atoms with Crippen LogP contribution in [-0.2, 0) is 14.2 Å². The van der Waals surface area contributed by atoms with Crippen LogP contribution in [0.2, 0.25) is 0 Å². The molecule has 0 aromatic carbocycles. The molecule has 90 valence electrons. The molecule has 3 nitrogen and oxygen atoms in total. The standard InChI is InChI=1S/C11H21IO3/c1-13-9-7-5-4-6-8-10(12)11(14-2)15-3/h7,9-11H,4-6,8H2,1-3H3/b9-7+. The van der Waals surface area contributed by atoms with Crippen LogP contribution in [0.15, 0.2) is 12.3 Å². The Morgan fingerprint density at radius 1 is 1.13 bits per heavy atom. The highest BCUT2D eigenvalue weighted by atomic mass is 127. The minimum atomic E-state index is -0.0832. The van der Waals surface area contributed by atoms with Gasteiger partial charge in [-0.2, -0.15) is 0 Å². The molecular formula is C11H21IO3. The van der Waals surface area contributed by atoms with E-state index in [1.54, 1.807) is 27.6 Å². The predicted octanol–water partition coefficient (Wildman–Crippen LogP) is 3.13. The molecular weight excluding hydrogens is 307 g/mol. The van der Waals surface area contributed by atoms with Crippen molar-refractivity contribution in [2.45, 2.75) is 35.9 Å². The minimum absolute atomic E-state index is 0.0832. The molecule has 0 bridgehead atoms. The van der Waals surface area contributed by atoms with E-state index in [1.165, 1.54) is 12.8 Å². The van der Waals surface area contributed by atoms with Gasteiger partial charge in [-0.1, -0.05) is 29.0 Å². The Bertz CT molecular complexity index is 158. The van der Waals surface area contributed by atoms with Crippen molar-refractivity contribution in [3.63, 3.8) is 0 Å². The fraction of sp³-hybridized carbons (Fsp3) is 0.818. The molecule has 0 saturated carbocycles. The lowest BCUT2D eigenvalue weighted by Crippen LogP contribution is -2.24. The number of halogens is 1. The monoisotopic (exact) mass is 328 g/mol. The zero-order chi connectivity index (χ0) is 11.5. The lowest BCUT2D eigenvalue weighted by atomic mass is 10.1. The Balaban J connectivity index is 3.45. The van der Waals surface area contributed by atoms with Crippen LogP contribution in [0, 0.1) is 0 Å². The Morgan fingerprint density at radius 3 is 2.33 bits per heavy atom. The van der Waals surface area contributed by atoms with E-state index >= 15 is 0 Å². The number of allylic oxidation sites excluding steroid dienone is 1. The van der Waals surface area contributed by atoms with E-state index in [2.05, 4.69) is 22.6 Å². The van der Waals surface area contributed by atoms with Crippen molar-refractivity contribution in [2.24, 2.45) is 0 Å². The maximum absolute atomic E-state index is 5.19. The molecule has 0 aliphatic heterocycles. The van der Waals surface area contributed by atoms with E-state index < -0.39 is 0 Å². The second-order valence-corrected chi connectivity index (χ2v) is 4.85. The number of methoxy groups -OCH3 is 3. The van der Waals surface area contributed by atoms with Gasteiger partial charge in [0.15, 0.2) is 6.29 Å². The summed E-state index contributed by atoms with van der Waals surface area (Å²) < 4.78 is 15.6. The van der Waals surface area contributed by atoms with Gasteiger partial charge in [-0.05, 0) is 25.3 Å². The molecule has 4 heteroatoms. The normalized spacial score (nSPS) is 13.7. The molecule has 0 aromatic heterocycles. The number of ether oxygens (including phenoxy) is 3. The molecule has 1 atom stereocenters. The Kier molecular flexibility index (Phi) is 10.8. The molecule has 0 spiro atoms. The van der Waals surface area contributed by atoms with Crippen molar-refractivity contribution in [1.82, 2.24) is 0 Å². The summed E-state index contributed by atoms with van der Waals surface area (Å²) in [6.07, 6.45) is 8.25. The van der Waals surface area contributed by atoms with Crippen LogP contribution in [0.5, 0.6) is 0 Å². The minimum Gasteiger partial charge on any atom is -0.505 e. The molecule has 0 aliphatic rings. The zero-order valence-corrected chi connectivity index (χ0v) is 11.9. The summed E-state index contributed by atoms with van der Waals surface area (Å²) in [7, 11) is 5.03. The van der Waals surface area contributed by atoms with Crippen LogP contribution >= 0.6 is 22.6 Å². The van der Waals surface area contributed by atoms with Crippen molar-refractivity contribution in [2.75, 3.05) is 21.3 Å². The van der Waals surface area contributed by atoms with Crippen molar-refractivity contribution in [3.05, 3.63) is 12.3 Å². The number of unbranched alkanes of at least 4 members (excludes halogenated alkanes) is 2. The van der Waals surface area contributed by atoms with Gasteiger partial charge in [0, 0.05) is 14.2 Å². The van der Waals surface area contributed by atoms with Gasteiger partial charge in [-0.25, -0.2) is 0 Å². The van der Waals surface area contributed by atoms with Crippen molar-refractivity contribution >= 4 is 22.6 Å². The Labute approximate surface area is 106 Å². The first-order valence-electron chi connectivity index (χ1n) is 5.13. The van der Waals surface area contributed by atoms with Crippen LogP contribution in [-0.4, -0.2) is 31.5 Å². The summed E-state index contributed by atoms with van der Waals surface area (Å²) in [5.74, 6) is 0. The maximum atomic E-state index is 5.19. The molecule has 1 unspecified atom stereocenters. The van der Waals surface area contributed by atoms with Gasteiger partial charge in [-0.3, -0.25) is 0 Å². The summed E-state index contributed by atoms with van der Waals surface area (Å²) in [6, 6.07) is 0. The van der Waals surface area contributed by atoms with E-state index in [0.717, 1.165) is 12.8 Å². The van der Waals surface area contributed by atoms with Crippen LogP contribution in [0.4, 0.5) is 0 Å². The van der Waals surface area contributed by atoms with Gasteiger partial charge in [-0.15, -0.1) is 0 Å². The summed E-state index contributed by atoms with van der Waals surface area (Å²) in [4.78, 5) is 0. The van der Waals surface area contributed by atoms with Crippen LogP contribution in [0.25, 0.3) is 0 Å². The molecule has 0 heterocycles. The third-order valence-corrected chi connectivity index (χ3v) is 3.30. The third-order valence-electron chi connectivity index (χ3n) is 2.09. The number of alkyl halides is 1. The van der Waals surface area contributed by atoms with Crippen molar-refractivity contribution < 1.29 is 14.2 Å². The maximum Gasteiger partial charge on any atom is 0.168 e. The molecule has 0 aliphatic carbocycles. The quantitative estimate of drug-likeness (QED) is 0.214. The Morgan fingerprint density at radius 2 is 1.80 bits per heavy atom. The Hall–Kier alpha value is 0.190. The van der Waals surface area contributed by atoms with E-state index in [-0.39, 0.29) is 6.29 Å². The van der Waals surface area contributed by atoms with Gasteiger partial charge in [0.2, 0.25) is 0 Å². The molecule has 0 aromatic rings. The largest absolute Gasteiger partial charge is 0.505 e. The van der Waals surface area contributed by atoms with Gasteiger partial charge in [0.25, 0.3) is 0 Å². The van der Waals surface area contributed by atoms with Gasteiger partial charge < -0.3 is 14.2 Å². The van der Waals surface area contributed by atoms with E-state index in [1.807, 2.05) is 6.08 Å². The SMILES string of the molecule is CO/C=C/CCCCC(I)C(OC)OC. The van der Waals surface area contributed by atoms with E-state index in [9.17, 15) is 0 Å². The molecule has 0 rings (SSSR count). The summed E-state index contributed by atoms with van der Waals surface area (Å²) in [5.41, 5.74) is 0. The zero-order valence-electron chi connectivity index (χ0n) is 9.74. The van der Waals surface area contributed by atoms with Crippen LogP contribution in [0.1, 0.15) is 25.7 Å². The second-order valence-electron chi connectivity index (χ2n) is 3.25. The number of rotatable bonds is 9. The number of hydrogen-bond donors (Lipinski definition) is 0. The molecule has 0 fully saturated rings. The highest BCUT2D eigenvalue weighted by Crippen LogP contribution is 2.18. The molecule has 0 saturated heterocycles. The summed E-state index contributed by atoms with van der Waals surface area (Å²) in [5, 5.41) is 0.